The molecule has 1 heterocycles. The van der Waals surface area contributed by atoms with Crippen molar-refractivity contribution in [3.63, 3.8) is 0 Å². The van der Waals surface area contributed by atoms with E-state index in [2.05, 4.69) is 29.5 Å². The van der Waals surface area contributed by atoms with E-state index in [0.717, 1.165) is 37.8 Å². The summed E-state index contributed by atoms with van der Waals surface area (Å²) in [6.07, 6.45) is 6.31. The van der Waals surface area contributed by atoms with Crippen LogP contribution in [0.3, 0.4) is 0 Å². The number of nitrogens with one attached hydrogen (secondary N) is 1. The SMILES string of the molecule is CCc1c(C(=O)NC2CCC(CO)CC2)cnn1Cc1ccccc1. The lowest BCUT2D eigenvalue weighted by Gasteiger charge is -2.27. The second-order valence-corrected chi connectivity index (χ2v) is 6.88. The Morgan fingerprint density at radius 1 is 1.24 bits per heavy atom. The van der Waals surface area contributed by atoms with Crippen LogP contribution in [-0.2, 0) is 13.0 Å². The van der Waals surface area contributed by atoms with Crippen molar-refractivity contribution in [2.45, 2.75) is 51.6 Å². The van der Waals surface area contributed by atoms with Gasteiger partial charge in [-0.05, 0) is 43.6 Å². The van der Waals surface area contributed by atoms with E-state index in [1.54, 1.807) is 6.20 Å². The third-order valence-corrected chi connectivity index (χ3v) is 5.14. The number of benzene rings is 1. The standard InChI is InChI=1S/C20H27N3O2/c1-2-19-18(12-21-23(19)13-15-6-4-3-5-7-15)20(25)22-17-10-8-16(14-24)9-11-17/h3-7,12,16-17,24H,2,8-11,13-14H2,1H3,(H,22,25). The lowest BCUT2D eigenvalue weighted by Crippen LogP contribution is -2.38. The van der Waals surface area contributed by atoms with Gasteiger partial charge in [0.25, 0.3) is 5.91 Å². The Labute approximate surface area is 149 Å². The van der Waals surface area contributed by atoms with Crippen LogP contribution in [0.4, 0.5) is 0 Å². The average Bonchev–Trinajstić information content (AvgIpc) is 3.06. The van der Waals surface area contributed by atoms with Crippen molar-refractivity contribution in [2.24, 2.45) is 5.92 Å². The van der Waals surface area contributed by atoms with Gasteiger partial charge in [0.2, 0.25) is 0 Å². The predicted octanol–water partition coefficient (Wildman–Crippen LogP) is 2.77. The monoisotopic (exact) mass is 341 g/mol. The van der Waals surface area contributed by atoms with Crippen LogP contribution in [0.5, 0.6) is 0 Å². The molecule has 5 heteroatoms. The van der Waals surface area contributed by atoms with E-state index in [9.17, 15) is 9.90 Å². The fraction of sp³-hybridized carbons (Fsp3) is 0.500. The Morgan fingerprint density at radius 3 is 2.60 bits per heavy atom. The van der Waals surface area contributed by atoms with Gasteiger partial charge in [0, 0.05) is 12.6 Å². The molecule has 0 aliphatic heterocycles. The van der Waals surface area contributed by atoms with Crippen molar-refractivity contribution in [1.82, 2.24) is 15.1 Å². The zero-order valence-corrected chi connectivity index (χ0v) is 14.8. The zero-order valence-electron chi connectivity index (χ0n) is 14.8. The van der Waals surface area contributed by atoms with Crippen LogP contribution < -0.4 is 5.32 Å². The first-order valence-electron chi connectivity index (χ1n) is 9.21. The highest BCUT2D eigenvalue weighted by atomic mass is 16.3. The van der Waals surface area contributed by atoms with Crippen molar-refractivity contribution in [1.29, 1.82) is 0 Å². The molecule has 1 amide bonds. The van der Waals surface area contributed by atoms with E-state index in [-0.39, 0.29) is 18.6 Å². The average molecular weight is 341 g/mol. The van der Waals surface area contributed by atoms with Crippen LogP contribution >= 0.6 is 0 Å². The third-order valence-electron chi connectivity index (χ3n) is 5.14. The maximum Gasteiger partial charge on any atom is 0.254 e. The minimum absolute atomic E-state index is 0.0244. The minimum atomic E-state index is -0.0244. The summed E-state index contributed by atoms with van der Waals surface area (Å²) in [6, 6.07) is 10.4. The summed E-state index contributed by atoms with van der Waals surface area (Å²) in [7, 11) is 0. The Hall–Kier alpha value is -2.14. The molecule has 0 bridgehead atoms. The molecule has 0 unspecified atom stereocenters. The number of carbonyl (C=O) groups is 1. The van der Waals surface area contributed by atoms with Crippen LogP contribution in [0, 0.1) is 5.92 Å². The quantitative estimate of drug-likeness (QED) is 0.849. The summed E-state index contributed by atoms with van der Waals surface area (Å²) in [5, 5.41) is 16.8. The van der Waals surface area contributed by atoms with Crippen molar-refractivity contribution >= 4 is 5.91 Å². The van der Waals surface area contributed by atoms with Crippen molar-refractivity contribution in [3.05, 3.63) is 53.3 Å². The first-order chi connectivity index (χ1) is 12.2. The molecule has 1 aromatic heterocycles. The molecule has 0 atom stereocenters. The molecule has 1 aliphatic carbocycles. The number of carbonyl (C=O) groups excluding carboxylic acids is 1. The number of hydrogen-bond donors (Lipinski definition) is 2. The van der Waals surface area contributed by atoms with E-state index in [4.69, 9.17) is 0 Å². The first kappa shape index (κ1) is 17.7. The molecule has 2 N–H and O–H groups in total. The molecule has 0 radical (unpaired) electrons. The predicted molar refractivity (Wildman–Crippen MR) is 97.4 cm³/mol. The van der Waals surface area contributed by atoms with E-state index < -0.39 is 0 Å². The molecule has 134 valence electrons. The summed E-state index contributed by atoms with van der Waals surface area (Å²) < 4.78 is 1.92. The molecule has 2 aromatic rings. The van der Waals surface area contributed by atoms with Crippen LogP contribution in [0.15, 0.2) is 36.5 Å². The Morgan fingerprint density at radius 2 is 1.96 bits per heavy atom. The number of aromatic nitrogens is 2. The van der Waals surface area contributed by atoms with Crippen LogP contribution in [0.25, 0.3) is 0 Å². The van der Waals surface area contributed by atoms with Crippen molar-refractivity contribution in [2.75, 3.05) is 6.61 Å². The van der Waals surface area contributed by atoms with E-state index >= 15 is 0 Å². The molecule has 0 saturated heterocycles. The number of rotatable bonds is 6. The third kappa shape index (κ3) is 4.28. The number of aliphatic hydroxyl groups excluding tert-OH is 1. The van der Waals surface area contributed by atoms with Gasteiger partial charge in [0.05, 0.1) is 24.0 Å². The van der Waals surface area contributed by atoms with Gasteiger partial charge in [-0.15, -0.1) is 0 Å². The Kier molecular flexibility index (Phi) is 5.87. The lowest BCUT2D eigenvalue weighted by atomic mass is 9.86. The maximum absolute atomic E-state index is 12.7. The highest BCUT2D eigenvalue weighted by Crippen LogP contribution is 2.24. The zero-order chi connectivity index (χ0) is 17.6. The van der Waals surface area contributed by atoms with Gasteiger partial charge in [0.15, 0.2) is 0 Å². The van der Waals surface area contributed by atoms with Gasteiger partial charge in [-0.25, -0.2) is 0 Å². The normalized spacial score (nSPS) is 20.4. The molecule has 25 heavy (non-hydrogen) atoms. The van der Waals surface area contributed by atoms with Crippen molar-refractivity contribution in [3.8, 4) is 0 Å². The van der Waals surface area contributed by atoms with E-state index in [1.807, 2.05) is 22.9 Å². The molecule has 1 saturated carbocycles. The maximum atomic E-state index is 12.7. The van der Waals surface area contributed by atoms with Crippen LogP contribution in [0.1, 0.15) is 54.2 Å². The number of aliphatic hydroxyl groups is 1. The molecular weight excluding hydrogens is 314 g/mol. The lowest BCUT2D eigenvalue weighted by molar-refractivity contribution is 0.0913. The highest BCUT2D eigenvalue weighted by Gasteiger charge is 2.24. The largest absolute Gasteiger partial charge is 0.396 e. The van der Waals surface area contributed by atoms with Gasteiger partial charge in [-0.3, -0.25) is 9.48 Å². The second-order valence-electron chi connectivity index (χ2n) is 6.88. The molecule has 1 fully saturated rings. The summed E-state index contributed by atoms with van der Waals surface area (Å²) in [4.78, 5) is 12.7. The Bertz CT molecular complexity index is 688. The first-order valence-corrected chi connectivity index (χ1v) is 9.21. The molecule has 5 nitrogen and oxygen atoms in total. The topological polar surface area (TPSA) is 67.2 Å². The number of nitrogens with zero attached hydrogens (tertiary/aromatic N) is 2. The summed E-state index contributed by atoms with van der Waals surface area (Å²) in [5.41, 5.74) is 2.84. The summed E-state index contributed by atoms with van der Waals surface area (Å²) >= 11 is 0. The minimum Gasteiger partial charge on any atom is -0.396 e. The second kappa shape index (κ2) is 8.30. The van der Waals surface area contributed by atoms with Gasteiger partial charge >= 0.3 is 0 Å². The molecule has 1 aromatic carbocycles. The van der Waals surface area contributed by atoms with E-state index in [1.165, 1.54) is 5.56 Å². The van der Waals surface area contributed by atoms with Crippen LogP contribution in [-0.4, -0.2) is 33.4 Å². The van der Waals surface area contributed by atoms with Crippen LogP contribution in [0.2, 0.25) is 0 Å². The summed E-state index contributed by atoms with van der Waals surface area (Å²) in [5.74, 6) is 0.372. The van der Waals surface area contributed by atoms with E-state index in [0.29, 0.717) is 18.0 Å². The number of hydrogen-bond acceptors (Lipinski definition) is 3. The fourth-order valence-corrected chi connectivity index (χ4v) is 3.62. The Balaban J connectivity index is 1.66. The van der Waals surface area contributed by atoms with Gasteiger partial charge in [-0.1, -0.05) is 37.3 Å². The van der Waals surface area contributed by atoms with Gasteiger partial charge < -0.3 is 10.4 Å². The van der Waals surface area contributed by atoms with Gasteiger partial charge in [0.1, 0.15) is 0 Å². The highest BCUT2D eigenvalue weighted by molar-refractivity contribution is 5.95. The van der Waals surface area contributed by atoms with Gasteiger partial charge in [-0.2, -0.15) is 5.10 Å². The molecule has 3 rings (SSSR count). The molecule has 0 spiro atoms. The summed E-state index contributed by atoms with van der Waals surface area (Å²) in [6.45, 7) is 2.99. The number of amides is 1. The molecular formula is C20H27N3O2. The molecule has 1 aliphatic rings. The van der Waals surface area contributed by atoms with Crippen molar-refractivity contribution < 1.29 is 9.90 Å². The fourth-order valence-electron chi connectivity index (χ4n) is 3.62. The smallest absolute Gasteiger partial charge is 0.254 e.